The van der Waals surface area contributed by atoms with Crippen LogP contribution in [0, 0.1) is 0 Å². The first-order valence-electron chi connectivity index (χ1n) is 7.11. The summed E-state index contributed by atoms with van der Waals surface area (Å²) in [6.07, 6.45) is 6.24. The van der Waals surface area contributed by atoms with Crippen LogP contribution >= 0.6 is 0 Å². The predicted molar refractivity (Wildman–Crippen MR) is 77.5 cm³/mol. The van der Waals surface area contributed by atoms with Crippen LogP contribution in [0.4, 0.5) is 0 Å². The zero-order chi connectivity index (χ0) is 13.7. The third kappa shape index (κ3) is 3.10. The molecule has 3 nitrogen and oxygen atoms in total. The first-order chi connectivity index (χ1) is 9.24. The van der Waals surface area contributed by atoms with Crippen molar-refractivity contribution in [1.82, 2.24) is 0 Å². The molecule has 0 heterocycles. The molecule has 1 aromatic carbocycles. The van der Waals surface area contributed by atoms with Crippen molar-refractivity contribution < 1.29 is 9.47 Å². The lowest BCUT2D eigenvalue weighted by atomic mass is 9.69. The zero-order valence-corrected chi connectivity index (χ0v) is 12.1. The number of hydrogen-bond donors (Lipinski definition) is 1. The smallest absolute Gasteiger partial charge is 0.119 e. The lowest BCUT2D eigenvalue weighted by Gasteiger charge is -2.37. The van der Waals surface area contributed by atoms with E-state index in [1.165, 1.54) is 37.7 Å². The van der Waals surface area contributed by atoms with E-state index in [4.69, 9.17) is 15.2 Å². The maximum atomic E-state index is 6.11. The van der Waals surface area contributed by atoms with Gasteiger partial charge in [-0.3, -0.25) is 0 Å². The molecule has 1 saturated carbocycles. The van der Waals surface area contributed by atoms with Crippen molar-refractivity contribution in [2.75, 3.05) is 20.8 Å². The van der Waals surface area contributed by atoms with Crippen molar-refractivity contribution in [3.05, 3.63) is 29.3 Å². The van der Waals surface area contributed by atoms with Gasteiger partial charge in [0.2, 0.25) is 0 Å². The molecular formula is C16H25NO2. The SMILES string of the molecule is COCc1cc(OC)cc(C2(CN)CCCCC2)c1. The number of ether oxygens (including phenoxy) is 2. The Hall–Kier alpha value is -1.06. The van der Waals surface area contributed by atoms with Gasteiger partial charge in [0.1, 0.15) is 5.75 Å². The lowest BCUT2D eigenvalue weighted by molar-refractivity contribution is 0.184. The quantitative estimate of drug-likeness (QED) is 0.888. The summed E-state index contributed by atoms with van der Waals surface area (Å²) in [5.41, 5.74) is 8.73. The Morgan fingerprint density at radius 3 is 2.42 bits per heavy atom. The Morgan fingerprint density at radius 2 is 1.84 bits per heavy atom. The number of rotatable bonds is 5. The van der Waals surface area contributed by atoms with Crippen molar-refractivity contribution in [2.24, 2.45) is 5.73 Å². The van der Waals surface area contributed by atoms with Gasteiger partial charge in [0.05, 0.1) is 13.7 Å². The maximum absolute atomic E-state index is 6.11. The molecule has 0 amide bonds. The molecule has 106 valence electrons. The number of benzene rings is 1. The summed E-state index contributed by atoms with van der Waals surface area (Å²) in [4.78, 5) is 0. The maximum Gasteiger partial charge on any atom is 0.119 e. The van der Waals surface area contributed by atoms with Gasteiger partial charge in [-0.15, -0.1) is 0 Å². The summed E-state index contributed by atoms with van der Waals surface area (Å²) < 4.78 is 10.7. The van der Waals surface area contributed by atoms with Crippen molar-refractivity contribution in [1.29, 1.82) is 0 Å². The topological polar surface area (TPSA) is 44.5 Å². The van der Waals surface area contributed by atoms with Gasteiger partial charge < -0.3 is 15.2 Å². The van der Waals surface area contributed by atoms with Crippen LogP contribution in [0.2, 0.25) is 0 Å². The molecule has 0 aromatic heterocycles. The zero-order valence-electron chi connectivity index (χ0n) is 12.1. The van der Waals surface area contributed by atoms with Crippen LogP contribution in [0.1, 0.15) is 43.2 Å². The molecule has 0 spiro atoms. The van der Waals surface area contributed by atoms with E-state index in [9.17, 15) is 0 Å². The molecule has 3 heteroatoms. The molecule has 0 bridgehead atoms. The molecule has 2 rings (SSSR count). The fraction of sp³-hybridized carbons (Fsp3) is 0.625. The van der Waals surface area contributed by atoms with E-state index in [2.05, 4.69) is 12.1 Å². The molecule has 0 aliphatic heterocycles. The monoisotopic (exact) mass is 263 g/mol. The van der Waals surface area contributed by atoms with Crippen LogP contribution in [0.25, 0.3) is 0 Å². The molecular weight excluding hydrogens is 238 g/mol. The number of hydrogen-bond acceptors (Lipinski definition) is 3. The summed E-state index contributed by atoms with van der Waals surface area (Å²) in [5, 5.41) is 0. The summed E-state index contributed by atoms with van der Waals surface area (Å²) in [5.74, 6) is 0.906. The van der Waals surface area contributed by atoms with Gasteiger partial charge in [-0.05, 0) is 36.1 Å². The average Bonchev–Trinajstić information content (AvgIpc) is 2.48. The van der Waals surface area contributed by atoms with E-state index in [0.717, 1.165) is 11.3 Å². The Labute approximate surface area is 116 Å². The molecule has 0 unspecified atom stereocenters. The average molecular weight is 263 g/mol. The van der Waals surface area contributed by atoms with Crippen LogP contribution < -0.4 is 10.5 Å². The van der Waals surface area contributed by atoms with E-state index < -0.39 is 0 Å². The van der Waals surface area contributed by atoms with Crippen molar-refractivity contribution in [3.63, 3.8) is 0 Å². The third-order valence-corrected chi connectivity index (χ3v) is 4.33. The van der Waals surface area contributed by atoms with Crippen LogP contribution in [0.5, 0.6) is 5.75 Å². The Kier molecular flexibility index (Phi) is 4.83. The van der Waals surface area contributed by atoms with Gasteiger partial charge in [0, 0.05) is 19.1 Å². The minimum Gasteiger partial charge on any atom is -0.497 e. The van der Waals surface area contributed by atoms with Gasteiger partial charge in [-0.1, -0.05) is 25.3 Å². The summed E-state index contributed by atoms with van der Waals surface area (Å²) in [6, 6.07) is 6.43. The van der Waals surface area contributed by atoms with Crippen molar-refractivity contribution in [2.45, 2.75) is 44.1 Å². The van der Waals surface area contributed by atoms with E-state index in [0.29, 0.717) is 13.2 Å². The predicted octanol–water partition coefficient (Wildman–Crippen LogP) is 3.00. The molecule has 0 atom stereocenters. The largest absolute Gasteiger partial charge is 0.497 e. The first kappa shape index (κ1) is 14.4. The molecule has 19 heavy (non-hydrogen) atoms. The van der Waals surface area contributed by atoms with Gasteiger partial charge in [0.25, 0.3) is 0 Å². The van der Waals surface area contributed by atoms with Crippen molar-refractivity contribution >= 4 is 0 Å². The van der Waals surface area contributed by atoms with E-state index in [1.54, 1.807) is 14.2 Å². The Morgan fingerprint density at radius 1 is 1.11 bits per heavy atom. The first-order valence-corrected chi connectivity index (χ1v) is 7.11. The highest BCUT2D eigenvalue weighted by molar-refractivity contribution is 5.39. The minimum absolute atomic E-state index is 0.134. The van der Waals surface area contributed by atoms with Gasteiger partial charge >= 0.3 is 0 Å². The summed E-state index contributed by atoms with van der Waals surface area (Å²) in [7, 11) is 3.43. The normalized spacial score (nSPS) is 18.3. The standard InChI is InChI=1S/C16H25NO2/c1-18-11-13-8-14(10-15(9-13)19-2)16(12-17)6-4-3-5-7-16/h8-10H,3-7,11-12,17H2,1-2H3. The second kappa shape index (κ2) is 6.40. The third-order valence-electron chi connectivity index (χ3n) is 4.33. The second-order valence-corrected chi connectivity index (χ2v) is 5.55. The van der Waals surface area contributed by atoms with Gasteiger partial charge in [-0.25, -0.2) is 0 Å². The number of nitrogens with two attached hydrogens (primary N) is 1. The molecule has 1 aromatic rings. The molecule has 1 aliphatic rings. The fourth-order valence-corrected chi connectivity index (χ4v) is 3.17. The van der Waals surface area contributed by atoms with Gasteiger partial charge in [-0.2, -0.15) is 0 Å². The molecule has 1 aliphatic carbocycles. The van der Waals surface area contributed by atoms with E-state index >= 15 is 0 Å². The summed E-state index contributed by atoms with van der Waals surface area (Å²) >= 11 is 0. The van der Waals surface area contributed by atoms with Crippen LogP contribution in [0.15, 0.2) is 18.2 Å². The highest BCUT2D eigenvalue weighted by Crippen LogP contribution is 2.40. The highest BCUT2D eigenvalue weighted by Gasteiger charge is 2.33. The Balaban J connectivity index is 2.37. The molecule has 0 radical (unpaired) electrons. The minimum atomic E-state index is 0.134. The van der Waals surface area contributed by atoms with E-state index in [1.807, 2.05) is 6.07 Å². The highest BCUT2D eigenvalue weighted by atomic mass is 16.5. The van der Waals surface area contributed by atoms with Crippen LogP contribution in [-0.2, 0) is 16.8 Å². The number of methoxy groups -OCH3 is 2. The van der Waals surface area contributed by atoms with Crippen LogP contribution in [0.3, 0.4) is 0 Å². The van der Waals surface area contributed by atoms with Gasteiger partial charge in [0.15, 0.2) is 0 Å². The van der Waals surface area contributed by atoms with Crippen LogP contribution in [-0.4, -0.2) is 20.8 Å². The summed E-state index contributed by atoms with van der Waals surface area (Å²) in [6.45, 7) is 1.33. The molecule has 1 fully saturated rings. The lowest BCUT2D eigenvalue weighted by Crippen LogP contribution is -2.37. The molecule has 2 N–H and O–H groups in total. The van der Waals surface area contributed by atoms with Crippen molar-refractivity contribution in [3.8, 4) is 5.75 Å². The Bertz CT molecular complexity index is 411. The second-order valence-electron chi connectivity index (χ2n) is 5.55. The molecule has 0 saturated heterocycles. The van der Waals surface area contributed by atoms with E-state index in [-0.39, 0.29) is 5.41 Å². The fourth-order valence-electron chi connectivity index (χ4n) is 3.17.